The maximum Gasteiger partial charge on any atom is 0.306 e. The molecule has 0 aliphatic heterocycles. The number of carboxylic acids is 1. The van der Waals surface area contributed by atoms with Crippen LogP contribution in [0.5, 0.6) is 0 Å². The van der Waals surface area contributed by atoms with Crippen LogP contribution in [0, 0.1) is 40.9 Å². The molecule has 1 atom stereocenters. The van der Waals surface area contributed by atoms with E-state index >= 15 is 0 Å². The van der Waals surface area contributed by atoms with E-state index in [-0.39, 0.29) is 11.3 Å². The third-order valence-corrected chi connectivity index (χ3v) is 5.91. The molecule has 0 spiro atoms. The lowest BCUT2D eigenvalue weighted by Gasteiger charge is -2.56. The van der Waals surface area contributed by atoms with Gasteiger partial charge in [-0.2, -0.15) is 0 Å². The van der Waals surface area contributed by atoms with E-state index in [0.717, 1.165) is 30.1 Å². The van der Waals surface area contributed by atoms with E-state index in [1.54, 1.807) is 0 Å². The first kappa shape index (κ1) is 13.5. The number of rotatable bonds is 3. The van der Waals surface area contributed by atoms with Crippen molar-refractivity contribution >= 4 is 5.97 Å². The van der Waals surface area contributed by atoms with Gasteiger partial charge in [0.2, 0.25) is 0 Å². The Morgan fingerprint density at radius 1 is 1.05 bits per heavy atom. The Kier molecular flexibility index (Phi) is 3.18. The van der Waals surface area contributed by atoms with Gasteiger partial charge in [0.05, 0.1) is 5.92 Å². The second-order valence-electron chi connectivity index (χ2n) is 8.72. The van der Waals surface area contributed by atoms with Crippen molar-refractivity contribution in [3.05, 3.63) is 0 Å². The molecule has 2 nitrogen and oxygen atoms in total. The highest BCUT2D eigenvalue weighted by molar-refractivity contribution is 5.70. The predicted molar refractivity (Wildman–Crippen MR) is 75.7 cm³/mol. The molecule has 0 aromatic heterocycles. The van der Waals surface area contributed by atoms with Gasteiger partial charge in [-0.05, 0) is 73.5 Å². The lowest BCUT2D eigenvalue weighted by molar-refractivity contribution is -0.153. The van der Waals surface area contributed by atoms with Crippen LogP contribution in [0.4, 0.5) is 0 Å². The zero-order valence-electron chi connectivity index (χ0n) is 12.6. The first-order valence-corrected chi connectivity index (χ1v) is 8.06. The molecule has 0 radical (unpaired) electrons. The summed E-state index contributed by atoms with van der Waals surface area (Å²) >= 11 is 0. The molecule has 19 heavy (non-hydrogen) atoms. The maximum absolute atomic E-state index is 11.8. The second kappa shape index (κ2) is 4.49. The average molecular weight is 264 g/mol. The molecule has 4 bridgehead atoms. The standard InChI is InChI=1S/C17H28O2/c1-17(2,3)9-14(16(18)19)15-12-5-10-4-11(7-12)8-13(15)6-10/h10-15H,4-9H2,1-3H3,(H,18,19). The minimum absolute atomic E-state index is 0.102. The van der Waals surface area contributed by atoms with Crippen LogP contribution in [0.1, 0.15) is 59.3 Å². The SMILES string of the molecule is CC(C)(C)CC(C(=O)O)C1C2CC3CC(C2)CC1C3. The van der Waals surface area contributed by atoms with Crippen LogP contribution in [0.2, 0.25) is 0 Å². The van der Waals surface area contributed by atoms with Crippen molar-refractivity contribution in [3.63, 3.8) is 0 Å². The highest BCUT2D eigenvalue weighted by Gasteiger charge is 2.52. The Hall–Kier alpha value is -0.530. The fourth-order valence-electron chi connectivity index (χ4n) is 5.67. The summed E-state index contributed by atoms with van der Waals surface area (Å²) in [5, 5.41) is 9.72. The molecule has 1 unspecified atom stereocenters. The van der Waals surface area contributed by atoms with Gasteiger partial charge in [0.15, 0.2) is 0 Å². The fourth-order valence-corrected chi connectivity index (χ4v) is 5.67. The predicted octanol–water partition coefficient (Wildman–Crippen LogP) is 4.20. The number of aliphatic carboxylic acids is 1. The van der Waals surface area contributed by atoms with Crippen molar-refractivity contribution in [2.45, 2.75) is 59.3 Å². The topological polar surface area (TPSA) is 37.3 Å². The van der Waals surface area contributed by atoms with E-state index in [9.17, 15) is 9.90 Å². The zero-order chi connectivity index (χ0) is 13.8. The van der Waals surface area contributed by atoms with E-state index in [1.165, 1.54) is 32.1 Å². The molecular weight excluding hydrogens is 236 g/mol. The smallest absolute Gasteiger partial charge is 0.306 e. The highest BCUT2D eigenvalue weighted by atomic mass is 16.4. The maximum atomic E-state index is 11.8. The summed E-state index contributed by atoms with van der Waals surface area (Å²) < 4.78 is 0. The molecule has 1 N–H and O–H groups in total. The van der Waals surface area contributed by atoms with E-state index in [4.69, 9.17) is 0 Å². The molecule has 0 aromatic rings. The summed E-state index contributed by atoms with van der Waals surface area (Å²) in [7, 11) is 0. The van der Waals surface area contributed by atoms with Crippen molar-refractivity contribution in [2.24, 2.45) is 40.9 Å². The summed E-state index contributed by atoms with van der Waals surface area (Å²) in [5.74, 6) is 3.15. The Bertz CT molecular complexity index is 338. The molecule has 0 aromatic carbocycles. The van der Waals surface area contributed by atoms with Gasteiger partial charge in [-0.25, -0.2) is 0 Å². The third kappa shape index (κ3) is 2.55. The van der Waals surface area contributed by atoms with Crippen LogP contribution in [-0.4, -0.2) is 11.1 Å². The molecule has 0 heterocycles. The van der Waals surface area contributed by atoms with E-state index in [0.29, 0.717) is 5.92 Å². The van der Waals surface area contributed by atoms with Crippen LogP contribution in [0.15, 0.2) is 0 Å². The first-order valence-electron chi connectivity index (χ1n) is 8.06. The molecule has 0 saturated heterocycles. The summed E-state index contributed by atoms with van der Waals surface area (Å²) in [6, 6.07) is 0. The Morgan fingerprint density at radius 3 is 1.89 bits per heavy atom. The van der Waals surface area contributed by atoms with Gasteiger partial charge in [-0.15, -0.1) is 0 Å². The van der Waals surface area contributed by atoms with Gasteiger partial charge in [-0.3, -0.25) is 4.79 Å². The molecule has 4 aliphatic rings. The van der Waals surface area contributed by atoms with Gasteiger partial charge in [0.1, 0.15) is 0 Å². The van der Waals surface area contributed by atoms with Crippen molar-refractivity contribution in [3.8, 4) is 0 Å². The molecule has 4 aliphatic carbocycles. The van der Waals surface area contributed by atoms with Crippen LogP contribution < -0.4 is 0 Å². The molecule has 2 heteroatoms. The molecule has 4 rings (SSSR count). The monoisotopic (exact) mass is 264 g/mol. The molecule has 4 fully saturated rings. The summed E-state index contributed by atoms with van der Waals surface area (Å²) in [6.07, 6.45) is 7.58. The third-order valence-electron chi connectivity index (χ3n) is 5.91. The fraction of sp³-hybridized carbons (Fsp3) is 0.941. The lowest BCUT2D eigenvalue weighted by Crippen LogP contribution is -2.49. The van der Waals surface area contributed by atoms with Crippen LogP contribution >= 0.6 is 0 Å². The first-order chi connectivity index (χ1) is 8.83. The van der Waals surface area contributed by atoms with Gasteiger partial charge in [0, 0.05) is 0 Å². The largest absolute Gasteiger partial charge is 0.481 e. The van der Waals surface area contributed by atoms with Crippen LogP contribution in [-0.2, 0) is 4.79 Å². The van der Waals surface area contributed by atoms with Gasteiger partial charge in [-0.1, -0.05) is 20.8 Å². The zero-order valence-corrected chi connectivity index (χ0v) is 12.6. The number of carbonyl (C=O) groups is 1. The van der Waals surface area contributed by atoms with Crippen molar-refractivity contribution in [1.29, 1.82) is 0 Å². The Labute approximate surface area is 117 Å². The Balaban J connectivity index is 1.81. The van der Waals surface area contributed by atoms with Crippen molar-refractivity contribution in [1.82, 2.24) is 0 Å². The number of carboxylic acid groups (broad SMARTS) is 1. The van der Waals surface area contributed by atoms with E-state index in [1.807, 2.05) is 0 Å². The quantitative estimate of drug-likeness (QED) is 0.829. The normalized spacial score (nSPS) is 42.4. The molecule has 0 amide bonds. The minimum Gasteiger partial charge on any atom is -0.481 e. The number of hydrogen-bond acceptors (Lipinski definition) is 1. The molecule has 4 saturated carbocycles. The van der Waals surface area contributed by atoms with E-state index in [2.05, 4.69) is 20.8 Å². The Morgan fingerprint density at radius 2 is 1.53 bits per heavy atom. The van der Waals surface area contributed by atoms with Crippen LogP contribution in [0.25, 0.3) is 0 Å². The average Bonchev–Trinajstić information content (AvgIpc) is 2.24. The van der Waals surface area contributed by atoms with Gasteiger partial charge >= 0.3 is 5.97 Å². The lowest BCUT2D eigenvalue weighted by atomic mass is 9.49. The highest BCUT2D eigenvalue weighted by Crippen LogP contribution is 2.59. The molecular formula is C17H28O2. The number of hydrogen-bond donors (Lipinski definition) is 1. The summed E-state index contributed by atoms with van der Waals surface area (Å²) in [5.41, 5.74) is 0.123. The van der Waals surface area contributed by atoms with Gasteiger partial charge in [0.25, 0.3) is 0 Å². The summed E-state index contributed by atoms with van der Waals surface area (Å²) in [6.45, 7) is 6.54. The van der Waals surface area contributed by atoms with Crippen molar-refractivity contribution in [2.75, 3.05) is 0 Å². The minimum atomic E-state index is -0.535. The summed E-state index contributed by atoms with van der Waals surface area (Å²) in [4.78, 5) is 11.8. The molecule has 108 valence electrons. The second-order valence-corrected chi connectivity index (χ2v) is 8.72. The van der Waals surface area contributed by atoms with Crippen molar-refractivity contribution < 1.29 is 9.90 Å². The van der Waals surface area contributed by atoms with Crippen LogP contribution in [0.3, 0.4) is 0 Å². The van der Waals surface area contributed by atoms with Gasteiger partial charge < -0.3 is 5.11 Å². The van der Waals surface area contributed by atoms with E-state index < -0.39 is 5.97 Å².